The molecule has 2 aliphatic rings. The van der Waals surface area contributed by atoms with Gasteiger partial charge in [-0.3, -0.25) is 8.98 Å². The van der Waals surface area contributed by atoms with E-state index in [4.69, 9.17) is 92.2 Å². The molecule has 8 rings (SSSR count). The van der Waals surface area contributed by atoms with Crippen molar-refractivity contribution >= 4 is 56.8 Å². The summed E-state index contributed by atoms with van der Waals surface area (Å²) in [6.07, 6.45) is 3.48. The average molecular weight is 1290 g/mol. The molecule has 476 valence electrons. The van der Waals surface area contributed by atoms with Crippen LogP contribution in [0.1, 0.15) is 65.5 Å². The third-order valence-electron chi connectivity index (χ3n) is 12.5. The fourth-order valence-electron chi connectivity index (χ4n) is 7.75. The number of aliphatic carboxylic acids is 1. The van der Waals surface area contributed by atoms with Crippen molar-refractivity contribution in [2.45, 2.75) is 75.0 Å². The van der Waals surface area contributed by atoms with E-state index < -0.39 is 22.0 Å². The molecule has 1 aromatic heterocycles. The van der Waals surface area contributed by atoms with E-state index in [9.17, 15) is 23.1 Å². The Labute approximate surface area is 526 Å². The molecule has 19 nitrogen and oxygen atoms in total. The standard InChI is InChI=1S/C17H19ClN2O4.2C10H13ClO2.C10H14O4S.C10H14O3.C7H8O2/c1-10-16(17(22)23)13(11-4-5-14(18)19-8-11)7-15(21)20(10)9-12-3-2-6-24-12;2*1-12-6-7-13-10-4-2-9(8-11)3-5-10;1-9-3-5-10(6-4-9)15(11,12)14-8-7-13-2;1-12-6-7-13-10-4-2-9(8-11)3-5-10;8-5-6-1-3-7(9)4-2-6/h4-5,8,12-13H,2-3,6-7,9H2,1H3,(H,22,23);2*2-5H,6-8H2,1H3;3-6H,7-8H2,1-2H3;2-5,11H,6-8H2,1H3;1-4,8-9H,5H2/t12-,13+;;;;;/m1...../s1. The smallest absolute Gasteiger partial charge is 0.333 e. The van der Waals surface area contributed by atoms with Gasteiger partial charge in [0.05, 0.1) is 69.4 Å². The van der Waals surface area contributed by atoms with E-state index in [1.54, 1.807) is 81.7 Å². The van der Waals surface area contributed by atoms with Gasteiger partial charge in [0.2, 0.25) is 5.91 Å². The zero-order valence-electron chi connectivity index (χ0n) is 50.0. The van der Waals surface area contributed by atoms with Crippen molar-refractivity contribution in [3.05, 3.63) is 189 Å². The molecule has 1 amide bonds. The van der Waals surface area contributed by atoms with Crippen molar-refractivity contribution < 1.29 is 80.5 Å². The highest BCUT2D eigenvalue weighted by molar-refractivity contribution is 7.86. The van der Waals surface area contributed by atoms with Gasteiger partial charge in [0.25, 0.3) is 10.1 Å². The van der Waals surface area contributed by atoms with Gasteiger partial charge in [-0.15, -0.1) is 23.2 Å². The number of hydrogen-bond acceptors (Lipinski definition) is 17. The summed E-state index contributed by atoms with van der Waals surface area (Å²) in [7, 11) is 2.80. The summed E-state index contributed by atoms with van der Waals surface area (Å²) < 4.78 is 68.8. The minimum Gasteiger partial charge on any atom is -0.508 e. The van der Waals surface area contributed by atoms with Crippen LogP contribution in [-0.4, -0.2) is 151 Å². The number of rotatable bonds is 25. The Bertz CT molecular complexity index is 2850. The van der Waals surface area contributed by atoms with Crippen molar-refractivity contribution in [1.29, 1.82) is 0 Å². The van der Waals surface area contributed by atoms with Crippen molar-refractivity contribution in [2.24, 2.45) is 0 Å². The summed E-state index contributed by atoms with van der Waals surface area (Å²) >= 11 is 17.1. The topological polar surface area (TPSA) is 248 Å². The number of hydrogen-bond donors (Lipinski definition) is 4. The second-order valence-electron chi connectivity index (χ2n) is 18.9. The van der Waals surface area contributed by atoms with Crippen LogP contribution in [0.3, 0.4) is 0 Å². The Morgan fingerprint density at radius 3 is 1.47 bits per heavy atom. The maximum Gasteiger partial charge on any atom is 0.333 e. The lowest BCUT2D eigenvalue weighted by molar-refractivity contribution is -0.135. The van der Waals surface area contributed by atoms with Gasteiger partial charge in [-0.2, -0.15) is 8.42 Å². The number of aromatic hydroxyl groups is 1. The van der Waals surface area contributed by atoms with E-state index in [1.807, 2.05) is 79.7 Å². The number of carboxylic acids is 1. The summed E-state index contributed by atoms with van der Waals surface area (Å²) in [6.45, 7) is 8.58. The monoisotopic (exact) mass is 1290 g/mol. The Balaban J connectivity index is 0.000000281. The normalized spacial score (nSPS) is 14.2. The summed E-state index contributed by atoms with van der Waals surface area (Å²) in [4.78, 5) is 30.2. The lowest BCUT2D eigenvalue weighted by Crippen LogP contribution is -2.41. The third kappa shape index (κ3) is 29.5. The molecule has 0 aliphatic carbocycles. The zero-order chi connectivity index (χ0) is 63.8. The lowest BCUT2D eigenvalue weighted by atomic mass is 9.84. The first-order chi connectivity index (χ1) is 41.9. The van der Waals surface area contributed by atoms with Gasteiger partial charge in [0.1, 0.15) is 48.0 Å². The van der Waals surface area contributed by atoms with Crippen LogP contribution in [0.25, 0.3) is 0 Å². The number of pyridine rings is 1. The maximum absolute atomic E-state index is 12.6. The number of alkyl halides is 2. The van der Waals surface area contributed by atoms with Gasteiger partial charge in [-0.1, -0.05) is 83.9 Å². The van der Waals surface area contributed by atoms with Crippen LogP contribution in [0.5, 0.6) is 23.0 Å². The lowest BCUT2D eigenvalue weighted by Gasteiger charge is -2.35. The Hall–Kier alpha value is -6.37. The van der Waals surface area contributed by atoms with Crippen LogP contribution in [0, 0.1) is 6.92 Å². The summed E-state index contributed by atoms with van der Waals surface area (Å²) in [5, 5.41) is 36.1. The first-order valence-corrected chi connectivity index (χ1v) is 30.5. The minimum absolute atomic E-state index is 0.0207. The number of benzene rings is 5. The quantitative estimate of drug-likeness (QED) is 0.0180. The van der Waals surface area contributed by atoms with Crippen LogP contribution >= 0.6 is 34.8 Å². The molecule has 3 heterocycles. The molecule has 0 unspecified atom stereocenters. The number of carboxylic acid groups (broad SMARTS) is 1. The Kier molecular flexibility index (Phi) is 37.3. The number of aliphatic hydroxyl groups excluding tert-OH is 2. The zero-order valence-corrected chi connectivity index (χ0v) is 53.1. The van der Waals surface area contributed by atoms with Crippen LogP contribution < -0.4 is 14.2 Å². The van der Waals surface area contributed by atoms with E-state index in [2.05, 4.69) is 4.98 Å². The van der Waals surface area contributed by atoms with Crippen molar-refractivity contribution in [3.63, 3.8) is 0 Å². The first-order valence-electron chi connectivity index (χ1n) is 27.6. The number of carbonyl (C=O) groups is 2. The molecular formula is C64H81Cl3N2O17S. The molecule has 0 saturated carbocycles. The number of halogens is 3. The second-order valence-corrected chi connectivity index (χ2v) is 21.4. The Morgan fingerprint density at radius 1 is 0.632 bits per heavy atom. The molecule has 6 aromatic rings. The van der Waals surface area contributed by atoms with Crippen molar-refractivity contribution in [3.8, 4) is 23.0 Å². The average Bonchev–Trinajstić information content (AvgIpc) is 1.58. The van der Waals surface area contributed by atoms with Crippen LogP contribution in [0.2, 0.25) is 5.15 Å². The van der Waals surface area contributed by atoms with E-state index in [1.165, 1.54) is 25.4 Å². The number of nitrogens with zero attached hydrogens (tertiary/aromatic N) is 2. The highest BCUT2D eigenvalue weighted by Gasteiger charge is 2.37. The van der Waals surface area contributed by atoms with Gasteiger partial charge < -0.3 is 63.2 Å². The molecular weight excluding hydrogens is 1210 g/mol. The molecule has 2 aliphatic heterocycles. The SMILES string of the molecule is CC1=C(C(=O)O)[C@H](c2ccc(Cl)nc2)CC(=O)N1C[C@H]1CCCO1.COCCOS(=O)(=O)c1ccc(C)cc1.COCCOc1ccc(CCl)cc1.COCCOc1ccc(CCl)cc1.COCCOc1ccc(CO)cc1.OCc1ccc(O)cc1. The summed E-state index contributed by atoms with van der Waals surface area (Å²) in [5.41, 5.74) is 6.30. The number of phenols is 1. The largest absolute Gasteiger partial charge is 0.508 e. The number of aliphatic hydroxyl groups is 2. The molecule has 1 fully saturated rings. The number of ether oxygens (including phenoxy) is 8. The number of aromatic nitrogens is 1. The predicted molar refractivity (Wildman–Crippen MR) is 334 cm³/mol. The van der Waals surface area contributed by atoms with Crippen LogP contribution in [0.4, 0.5) is 0 Å². The molecule has 0 bridgehead atoms. The van der Waals surface area contributed by atoms with Crippen LogP contribution in [-0.2, 0) is 72.5 Å². The Morgan fingerprint density at radius 2 is 1.08 bits per heavy atom. The van der Waals surface area contributed by atoms with Crippen LogP contribution in [0.15, 0.2) is 156 Å². The fourth-order valence-corrected chi connectivity index (χ4v) is 9.12. The molecule has 4 N–H and O–H groups in total. The number of carbonyl (C=O) groups excluding carboxylic acids is 1. The van der Waals surface area contributed by atoms with Gasteiger partial charge in [-0.25, -0.2) is 9.78 Å². The van der Waals surface area contributed by atoms with Gasteiger partial charge in [0.15, 0.2) is 0 Å². The molecule has 5 aromatic carbocycles. The first kappa shape index (κ1) is 74.9. The summed E-state index contributed by atoms with van der Waals surface area (Å²) in [5.74, 6) is 2.19. The molecule has 23 heteroatoms. The highest BCUT2D eigenvalue weighted by Crippen LogP contribution is 2.37. The van der Waals surface area contributed by atoms with E-state index in [-0.39, 0.29) is 61.1 Å². The number of phenolic OH excluding ortho intramolecular Hbond substituents is 1. The maximum atomic E-state index is 12.6. The number of amides is 1. The van der Waals surface area contributed by atoms with E-state index in [0.717, 1.165) is 57.9 Å². The van der Waals surface area contributed by atoms with Crippen molar-refractivity contribution in [2.75, 3.05) is 94.4 Å². The predicted octanol–water partition coefficient (Wildman–Crippen LogP) is 10.9. The van der Waals surface area contributed by atoms with Gasteiger partial charge in [0, 0.05) is 71.0 Å². The number of allylic oxidation sites excluding steroid dienone is 1. The van der Waals surface area contributed by atoms with Gasteiger partial charge >= 0.3 is 5.97 Å². The molecule has 1 saturated heterocycles. The molecule has 0 radical (unpaired) electrons. The molecule has 0 spiro atoms. The number of aryl methyl sites for hydroxylation is 1. The third-order valence-corrected chi connectivity index (χ3v) is 14.7. The highest BCUT2D eigenvalue weighted by atomic mass is 35.5. The van der Waals surface area contributed by atoms with Crippen molar-refractivity contribution in [1.82, 2.24) is 9.88 Å². The van der Waals surface area contributed by atoms with E-state index in [0.29, 0.717) is 81.0 Å². The van der Waals surface area contributed by atoms with E-state index >= 15 is 0 Å². The number of methoxy groups -OCH3 is 4. The fraction of sp³-hybridized carbons (Fsp3) is 0.391. The second kappa shape index (κ2) is 43.3. The molecule has 2 atom stereocenters. The molecule has 87 heavy (non-hydrogen) atoms. The minimum atomic E-state index is -3.63. The van der Waals surface area contributed by atoms with Gasteiger partial charge in [-0.05, 0) is 121 Å². The summed E-state index contributed by atoms with van der Waals surface area (Å²) in [6, 6.07) is 39.1.